The average Bonchev–Trinajstić information content (AvgIpc) is 3.13. The summed E-state index contributed by atoms with van der Waals surface area (Å²) in [5.41, 5.74) is 2.91. The fraction of sp³-hybridized carbons (Fsp3) is 0.781. The van der Waals surface area contributed by atoms with Gasteiger partial charge in [-0.1, -0.05) is 64.9 Å². The largest absolute Gasteiger partial charge is 0.508 e. The van der Waals surface area contributed by atoms with Gasteiger partial charge in [0.2, 0.25) is 5.91 Å². The Morgan fingerprint density at radius 2 is 1.83 bits per heavy atom. The molecule has 3 aliphatic rings. The molecular formula is C32H51NO3. The van der Waals surface area contributed by atoms with Gasteiger partial charge in [0.1, 0.15) is 5.75 Å². The molecule has 1 aromatic rings. The maximum atomic E-state index is 12.2. The van der Waals surface area contributed by atoms with Crippen LogP contribution in [0.5, 0.6) is 5.75 Å². The van der Waals surface area contributed by atoms with Gasteiger partial charge in [0, 0.05) is 20.0 Å². The Morgan fingerprint density at radius 3 is 2.61 bits per heavy atom. The van der Waals surface area contributed by atoms with E-state index in [9.17, 15) is 15.0 Å². The number of hydrogen-bond acceptors (Lipinski definition) is 3. The van der Waals surface area contributed by atoms with Crippen LogP contribution in [0.4, 0.5) is 0 Å². The molecule has 202 valence electrons. The molecule has 2 N–H and O–H groups in total. The van der Waals surface area contributed by atoms with E-state index < -0.39 is 0 Å². The predicted octanol–water partition coefficient (Wildman–Crippen LogP) is 7.21. The van der Waals surface area contributed by atoms with Crippen molar-refractivity contribution < 1.29 is 15.0 Å². The minimum absolute atomic E-state index is 0.0804. The first-order valence-electron chi connectivity index (χ1n) is 15.1. The summed E-state index contributed by atoms with van der Waals surface area (Å²) in [4.78, 5) is 14.1. The summed E-state index contributed by atoms with van der Waals surface area (Å²) < 4.78 is 0. The topological polar surface area (TPSA) is 60.8 Å². The molecule has 4 heteroatoms. The third-order valence-electron chi connectivity index (χ3n) is 10.3. The van der Waals surface area contributed by atoms with Crippen molar-refractivity contribution in [3.8, 4) is 5.75 Å². The van der Waals surface area contributed by atoms with Gasteiger partial charge in [0.25, 0.3) is 0 Å². The molecule has 0 bridgehead atoms. The van der Waals surface area contributed by atoms with E-state index in [1.54, 1.807) is 0 Å². The number of rotatable bonds is 12. The van der Waals surface area contributed by atoms with Crippen molar-refractivity contribution in [2.24, 2.45) is 23.2 Å². The van der Waals surface area contributed by atoms with Crippen LogP contribution in [0.2, 0.25) is 0 Å². The van der Waals surface area contributed by atoms with Crippen LogP contribution in [0, 0.1) is 23.2 Å². The van der Waals surface area contributed by atoms with Gasteiger partial charge in [-0.25, -0.2) is 0 Å². The molecule has 1 aromatic carbocycles. The number of aromatic hydroxyl groups is 1. The van der Waals surface area contributed by atoms with Crippen LogP contribution in [-0.2, 0) is 11.2 Å². The van der Waals surface area contributed by atoms with Crippen molar-refractivity contribution in [2.75, 3.05) is 13.6 Å². The highest BCUT2D eigenvalue weighted by molar-refractivity contribution is 5.75. The number of nitrogens with zero attached hydrogens (tertiary/aromatic N) is 1. The average molecular weight is 498 g/mol. The number of aliphatic hydroxyl groups excluding tert-OH is 1. The van der Waals surface area contributed by atoms with E-state index in [1.165, 1.54) is 56.1 Å². The lowest BCUT2D eigenvalue weighted by molar-refractivity contribution is -0.130. The van der Waals surface area contributed by atoms with Crippen LogP contribution in [0.3, 0.4) is 0 Å². The number of aliphatic hydroxyl groups is 1. The Hall–Kier alpha value is -1.55. The first-order chi connectivity index (χ1) is 17.3. The lowest BCUT2D eigenvalue weighted by atomic mass is 9.53. The van der Waals surface area contributed by atoms with Crippen LogP contribution >= 0.6 is 0 Å². The van der Waals surface area contributed by atoms with Gasteiger partial charge in [-0.2, -0.15) is 0 Å². The number of carbonyl (C=O) groups excluding carboxylic acids is 1. The highest BCUT2D eigenvalue weighted by Gasteiger charge is 2.58. The van der Waals surface area contributed by atoms with Crippen LogP contribution < -0.4 is 0 Å². The van der Waals surface area contributed by atoms with E-state index in [4.69, 9.17) is 0 Å². The summed E-state index contributed by atoms with van der Waals surface area (Å²) in [5.74, 6) is 3.25. The lowest BCUT2D eigenvalue weighted by Gasteiger charge is -2.51. The van der Waals surface area contributed by atoms with Gasteiger partial charge in [-0.3, -0.25) is 4.79 Å². The molecular weight excluding hydrogens is 446 g/mol. The highest BCUT2D eigenvalue weighted by Crippen LogP contribution is 2.63. The van der Waals surface area contributed by atoms with Crippen molar-refractivity contribution >= 4 is 5.91 Å². The van der Waals surface area contributed by atoms with Gasteiger partial charge in [0.05, 0.1) is 6.10 Å². The van der Waals surface area contributed by atoms with Gasteiger partial charge in [-0.15, -0.1) is 0 Å². The zero-order chi connectivity index (χ0) is 25.7. The van der Waals surface area contributed by atoms with Crippen LogP contribution in [0.15, 0.2) is 18.2 Å². The molecule has 4 rings (SSSR count). The molecule has 1 unspecified atom stereocenters. The quantitative estimate of drug-likeness (QED) is 0.300. The number of phenols is 1. The molecule has 0 aliphatic heterocycles. The second-order valence-electron chi connectivity index (χ2n) is 12.6. The standard InChI is InChI=1S/C32H51NO3/c1-4-5-20-33(3)30(36)13-11-9-7-6-8-10-12-24-22-29(35)32(2)19-18-27-26-17-15-25(34)21-23(26)14-16-28(27)31(24)32/h15,17,21,24,27-29,31,34-35H,4-14,16,18-20,22H2,1-3H3/t24?,27-,28-,29+,31+,32-/m1/s1. The fourth-order valence-electron chi connectivity index (χ4n) is 8.22. The SMILES string of the molecule is CCCCN(C)C(=O)CCCCCCCCC1C[C@H](O)[C@@]2(C)CC[C@@H]3c4ccc(O)cc4CC[C@H]3[C@H]12. The molecule has 2 fully saturated rings. The summed E-state index contributed by atoms with van der Waals surface area (Å²) >= 11 is 0. The second kappa shape index (κ2) is 12.3. The van der Waals surface area contributed by atoms with Crippen LogP contribution in [0.25, 0.3) is 0 Å². The first kappa shape index (κ1) is 27.5. The number of benzene rings is 1. The zero-order valence-corrected chi connectivity index (χ0v) is 23.2. The zero-order valence-electron chi connectivity index (χ0n) is 23.2. The Labute approximate surface area is 219 Å². The number of fused-ring (bicyclic) bond motifs is 5. The number of carbonyl (C=O) groups is 1. The molecule has 0 saturated heterocycles. The number of phenolic OH excluding ortho intramolecular Hbond substituents is 1. The molecule has 3 aliphatic carbocycles. The monoisotopic (exact) mass is 497 g/mol. The maximum absolute atomic E-state index is 12.2. The summed E-state index contributed by atoms with van der Waals surface area (Å²) in [5, 5.41) is 21.1. The molecule has 1 amide bonds. The van der Waals surface area contributed by atoms with E-state index in [-0.39, 0.29) is 11.5 Å². The molecule has 0 radical (unpaired) electrons. The molecule has 0 heterocycles. The van der Waals surface area contributed by atoms with E-state index >= 15 is 0 Å². The Bertz CT molecular complexity index is 869. The van der Waals surface area contributed by atoms with Crippen LogP contribution in [0.1, 0.15) is 121 Å². The molecule has 2 saturated carbocycles. The normalized spacial score (nSPS) is 30.9. The van der Waals surface area contributed by atoms with E-state index in [0.29, 0.717) is 41.7 Å². The van der Waals surface area contributed by atoms with Crippen molar-refractivity contribution in [3.63, 3.8) is 0 Å². The minimum atomic E-state index is -0.150. The number of hydrogen-bond donors (Lipinski definition) is 2. The Kier molecular flexibility index (Phi) is 9.41. The van der Waals surface area contributed by atoms with E-state index in [1.807, 2.05) is 24.1 Å². The lowest BCUT2D eigenvalue weighted by Crippen LogP contribution is -2.45. The van der Waals surface area contributed by atoms with Crippen LogP contribution in [-0.4, -0.2) is 40.7 Å². The fourth-order valence-corrected chi connectivity index (χ4v) is 8.22. The Balaban J connectivity index is 1.22. The second-order valence-corrected chi connectivity index (χ2v) is 12.6. The molecule has 0 aromatic heterocycles. The predicted molar refractivity (Wildman–Crippen MR) is 147 cm³/mol. The molecule has 36 heavy (non-hydrogen) atoms. The van der Waals surface area contributed by atoms with Gasteiger partial charge < -0.3 is 15.1 Å². The van der Waals surface area contributed by atoms with Crippen molar-refractivity contribution in [2.45, 2.75) is 122 Å². The maximum Gasteiger partial charge on any atom is 0.222 e. The summed E-state index contributed by atoms with van der Waals surface area (Å²) in [6, 6.07) is 6.04. The number of unbranched alkanes of at least 4 members (excludes halogenated alkanes) is 6. The third-order valence-corrected chi connectivity index (χ3v) is 10.3. The third kappa shape index (κ3) is 5.95. The van der Waals surface area contributed by atoms with Crippen molar-refractivity contribution in [1.29, 1.82) is 0 Å². The van der Waals surface area contributed by atoms with Crippen molar-refractivity contribution in [1.82, 2.24) is 4.90 Å². The van der Waals surface area contributed by atoms with E-state index in [0.717, 1.165) is 51.5 Å². The van der Waals surface area contributed by atoms with E-state index in [2.05, 4.69) is 19.9 Å². The van der Waals surface area contributed by atoms with Crippen molar-refractivity contribution in [3.05, 3.63) is 29.3 Å². The summed E-state index contributed by atoms with van der Waals surface area (Å²) in [7, 11) is 1.94. The number of amides is 1. The molecule has 0 spiro atoms. The van der Waals surface area contributed by atoms with Gasteiger partial charge in [-0.05, 0) is 97.3 Å². The molecule has 6 atom stereocenters. The molecule has 4 nitrogen and oxygen atoms in total. The Morgan fingerprint density at radius 1 is 1.08 bits per heavy atom. The number of aryl methyl sites for hydroxylation is 1. The highest BCUT2D eigenvalue weighted by atomic mass is 16.3. The summed E-state index contributed by atoms with van der Waals surface area (Å²) in [6.45, 7) is 5.44. The minimum Gasteiger partial charge on any atom is -0.508 e. The van der Waals surface area contributed by atoms with Gasteiger partial charge >= 0.3 is 0 Å². The first-order valence-corrected chi connectivity index (χ1v) is 15.1. The summed E-state index contributed by atoms with van der Waals surface area (Å²) in [6.07, 6.45) is 16.8. The smallest absolute Gasteiger partial charge is 0.222 e. The van der Waals surface area contributed by atoms with Gasteiger partial charge in [0.15, 0.2) is 0 Å².